The first-order valence-corrected chi connectivity index (χ1v) is 9.13. The summed E-state index contributed by atoms with van der Waals surface area (Å²) < 4.78 is 13.6. The Hall–Kier alpha value is -2.96. The van der Waals surface area contributed by atoms with Crippen molar-refractivity contribution < 1.29 is 9.18 Å². The maximum Gasteiger partial charge on any atom is 0.246 e. The molecular weight excluding hydrogens is 345 g/mol. The molecule has 0 atom stereocenters. The molecule has 2 aromatic rings. The zero-order valence-electron chi connectivity index (χ0n) is 15.7. The highest BCUT2D eigenvalue weighted by Crippen LogP contribution is 2.17. The maximum atomic E-state index is 13.6. The third-order valence-electron chi connectivity index (χ3n) is 4.40. The number of hydrogen-bond acceptors (Lipinski definition) is 5. The Labute approximate surface area is 158 Å². The molecule has 1 amide bonds. The number of rotatable bonds is 5. The molecule has 27 heavy (non-hydrogen) atoms. The molecule has 1 aromatic carbocycles. The fourth-order valence-electron chi connectivity index (χ4n) is 2.98. The molecule has 142 valence electrons. The van der Waals surface area contributed by atoms with Gasteiger partial charge < -0.3 is 15.1 Å². The van der Waals surface area contributed by atoms with Crippen LogP contribution in [-0.4, -0.2) is 53.5 Å². The van der Waals surface area contributed by atoms with Gasteiger partial charge in [0.15, 0.2) is 0 Å². The molecular formula is C20H24FN5O. The normalized spacial score (nSPS) is 14.6. The number of nitrogens with zero attached hydrogens (tertiary/aromatic N) is 4. The van der Waals surface area contributed by atoms with Crippen molar-refractivity contribution in [1.29, 1.82) is 0 Å². The molecule has 1 saturated heterocycles. The van der Waals surface area contributed by atoms with Crippen LogP contribution in [-0.2, 0) is 4.79 Å². The number of hydrogen-bond donors (Lipinski definition) is 1. The van der Waals surface area contributed by atoms with Gasteiger partial charge in [0.25, 0.3) is 0 Å². The average Bonchev–Trinajstić information content (AvgIpc) is 2.67. The largest absolute Gasteiger partial charge is 0.354 e. The van der Waals surface area contributed by atoms with Crippen LogP contribution in [0.4, 0.5) is 16.2 Å². The quantitative estimate of drug-likeness (QED) is 0.821. The second kappa shape index (κ2) is 8.62. The Bertz CT molecular complexity index is 831. The summed E-state index contributed by atoms with van der Waals surface area (Å²) in [7, 11) is 0. The lowest BCUT2D eigenvalue weighted by Gasteiger charge is -2.35. The van der Waals surface area contributed by atoms with Crippen LogP contribution in [0.25, 0.3) is 6.08 Å². The number of carbonyl (C=O) groups is 1. The van der Waals surface area contributed by atoms with Gasteiger partial charge in [-0.1, -0.05) is 18.2 Å². The lowest BCUT2D eigenvalue weighted by Crippen LogP contribution is -2.48. The highest BCUT2D eigenvalue weighted by atomic mass is 19.1. The van der Waals surface area contributed by atoms with Crippen LogP contribution < -0.4 is 10.2 Å². The number of halogens is 1. The minimum atomic E-state index is -0.331. The van der Waals surface area contributed by atoms with Crippen molar-refractivity contribution in [2.24, 2.45) is 0 Å². The second-order valence-electron chi connectivity index (χ2n) is 6.39. The fraction of sp³-hybridized carbons (Fsp3) is 0.350. The van der Waals surface area contributed by atoms with Gasteiger partial charge in [0.2, 0.25) is 11.9 Å². The topological polar surface area (TPSA) is 61.4 Å². The molecule has 1 aromatic heterocycles. The summed E-state index contributed by atoms with van der Waals surface area (Å²) in [5, 5.41) is 3.14. The molecule has 6 nitrogen and oxygen atoms in total. The predicted octanol–water partition coefficient (Wildman–Crippen LogP) is 2.72. The average molecular weight is 369 g/mol. The zero-order chi connectivity index (χ0) is 19.2. The third-order valence-corrected chi connectivity index (χ3v) is 4.40. The third kappa shape index (κ3) is 4.81. The molecule has 1 aliphatic rings. The van der Waals surface area contributed by atoms with Gasteiger partial charge >= 0.3 is 0 Å². The molecule has 1 fully saturated rings. The number of aryl methyl sites for hydroxylation is 1. The number of aromatic nitrogens is 2. The minimum Gasteiger partial charge on any atom is -0.354 e. The van der Waals surface area contributed by atoms with Gasteiger partial charge in [-0.25, -0.2) is 9.37 Å². The zero-order valence-corrected chi connectivity index (χ0v) is 15.7. The highest BCUT2D eigenvalue weighted by molar-refractivity contribution is 5.92. The van der Waals surface area contributed by atoms with Gasteiger partial charge in [-0.15, -0.1) is 0 Å². The van der Waals surface area contributed by atoms with Crippen molar-refractivity contribution in [2.75, 3.05) is 42.9 Å². The van der Waals surface area contributed by atoms with E-state index in [4.69, 9.17) is 0 Å². The van der Waals surface area contributed by atoms with Crippen LogP contribution in [0, 0.1) is 12.7 Å². The van der Waals surface area contributed by atoms with Gasteiger partial charge in [-0.3, -0.25) is 4.79 Å². The first-order chi connectivity index (χ1) is 13.1. The van der Waals surface area contributed by atoms with Crippen molar-refractivity contribution in [1.82, 2.24) is 14.9 Å². The van der Waals surface area contributed by atoms with Gasteiger partial charge in [0.05, 0.1) is 0 Å². The number of benzene rings is 1. The van der Waals surface area contributed by atoms with E-state index in [0.717, 1.165) is 18.1 Å². The summed E-state index contributed by atoms with van der Waals surface area (Å²) >= 11 is 0. The van der Waals surface area contributed by atoms with Crippen LogP contribution >= 0.6 is 0 Å². The van der Waals surface area contributed by atoms with Gasteiger partial charge in [-0.2, -0.15) is 4.98 Å². The number of amides is 1. The number of anilines is 2. The van der Waals surface area contributed by atoms with Crippen molar-refractivity contribution in [3.8, 4) is 0 Å². The molecule has 0 aliphatic carbocycles. The van der Waals surface area contributed by atoms with E-state index in [1.54, 1.807) is 23.1 Å². The maximum absolute atomic E-state index is 13.6. The molecule has 2 heterocycles. The standard InChI is InChI=1S/C20H24FN5O/c1-3-22-20-23-15(2)14-18(24-20)25-10-12-26(13-11-25)19(27)9-8-16-6-4-5-7-17(16)21/h4-9,14H,3,10-13H2,1-2H3,(H,22,23,24)/b9-8+. The Morgan fingerprint density at radius 1 is 1.22 bits per heavy atom. The molecule has 0 bridgehead atoms. The van der Waals surface area contributed by atoms with Gasteiger partial charge in [0.1, 0.15) is 11.6 Å². The van der Waals surface area contributed by atoms with E-state index in [-0.39, 0.29) is 11.7 Å². The van der Waals surface area contributed by atoms with E-state index >= 15 is 0 Å². The van der Waals surface area contributed by atoms with Crippen molar-refractivity contribution >= 4 is 23.7 Å². The summed E-state index contributed by atoms with van der Waals surface area (Å²) in [6.45, 7) is 7.30. The number of carbonyl (C=O) groups excluding carboxylic acids is 1. The van der Waals surface area contributed by atoms with E-state index < -0.39 is 0 Å². The van der Waals surface area contributed by atoms with Crippen LogP contribution in [0.15, 0.2) is 36.4 Å². The van der Waals surface area contributed by atoms with Crippen molar-refractivity contribution in [3.63, 3.8) is 0 Å². The lowest BCUT2D eigenvalue weighted by atomic mass is 10.2. The summed E-state index contributed by atoms with van der Waals surface area (Å²) in [6, 6.07) is 8.36. The van der Waals surface area contributed by atoms with E-state index in [0.29, 0.717) is 37.7 Å². The van der Waals surface area contributed by atoms with E-state index in [1.807, 2.05) is 19.9 Å². The molecule has 0 unspecified atom stereocenters. The number of piperazine rings is 1. The minimum absolute atomic E-state index is 0.106. The SMILES string of the molecule is CCNc1nc(C)cc(N2CCN(C(=O)/C=C/c3ccccc3F)CC2)n1. The van der Waals surface area contributed by atoms with E-state index in [2.05, 4.69) is 20.2 Å². The van der Waals surface area contributed by atoms with Crippen molar-refractivity contribution in [3.05, 3.63) is 53.5 Å². The summed E-state index contributed by atoms with van der Waals surface area (Å²) in [5.74, 6) is 1.05. The Kier molecular flexibility index (Phi) is 6.01. The van der Waals surface area contributed by atoms with Gasteiger partial charge in [0, 0.05) is 56.1 Å². The molecule has 1 N–H and O–H groups in total. The summed E-state index contributed by atoms with van der Waals surface area (Å²) in [6.07, 6.45) is 2.96. The lowest BCUT2D eigenvalue weighted by molar-refractivity contribution is -0.126. The van der Waals surface area contributed by atoms with E-state index in [1.165, 1.54) is 18.2 Å². The van der Waals surface area contributed by atoms with Crippen LogP contribution in [0.5, 0.6) is 0 Å². The molecule has 3 rings (SSSR count). The first kappa shape index (κ1) is 18.8. The van der Waals surface area contributed by atoms with Gasteiger partial charge in [-0.05, 0) is 26.0 Å². The molecule has 0 spiro atoms. The Morgan fingerprint density at radius 3 is 2.67 bits per heavy atom. The van der Waals surface area contributed by atoms with Crippen LogP contribution in [0.3, 0.4) is 0 Å². The highest BCUT2D eigenvalue weighted by Gasteiger charge is 2.21. The second-order valence-corrected chi connectivity index (χ2v) is 6.39. The Balaban J connectivity index is 1.60. The summed E-state index contributed by atoms with van der Waals surface area (Å²) in [4.78, 5) is 25.2. The van der Waals surface area contributed by atoms with E-state index in [9.17, 15) is 9.18 Å². The predicted molar refractivity (Wildman–Crippen MR) is 105 cm³/mol. The molecule has 0 saturated carbocycles. The first-order valence-electron chi connectivity index (χ1n) is 9.13. The smallest absolute Gasteiger partial charge is 0.246 e. The number of nitrogens with one attached hydrogen (secondary N) is 1. The molecule has 7 heteroatoms. The molecule has 1 aliphatic heterocycles. The summed E-state index contributed by atoms with van der Waals surface area (Å²) in [5.41, 5.74) is 1.32. The van der Waals surface area contributed by atoms with Crippen LogP contribution in [0.1, 0.15) is 18.2 Å². The van der Waals surface area contributed by atoms with Crippen LogP contribution in [0.2, 0.25) is 0 Å². The Morgan fingerprint density at radius 2 is 1.96 bits per heavy atom. The fourth-order valence-corrected chi connectivity index (χ4v) is 2.98. The van der Waals surface area contributed by atoms with Crippen molar-refractivity contribution in [2.45, 2.75) is 13.8 Å². The monoisotopic (exact) mass is 369 g/mol. The molecule has 0 radical (unpaired) electrons.